The molecule has 0 spiro atoms. The molecule has 0 fully saturated rings. The normalized spacial score (nSPS) is 11.3. The molecule has 1 heterocycles. The fraction of sp³-hybridized carbons (Fsp3) is 0.150. The Kier molecular flexibility index (Phi) is 5.21. The van der Waals surface area contributed by atoms with E-state index < -0.39 is 11.9 Å². The van der Waals surface area contributed by atoms with Gasteiger partial charge in [-0.05, 0) is 30.7 Å². The number of fused-ring (bicyclic) bond motifs is 1. The van der Waals surface area contributed by atoms with Crippen molar-refractivity contribution in [1.82, 2.24) is 4.98 Å². The number of rotatable bonds is 5. The molecule has 1 aromatic heterocycles. The van der Waals surface area contributed by atoms with E-state index in [2.05, 4.69) is 19.8 Å². The molecule has 0 aliphatic heterocycles. The van der Waals surface area contributed by atoms with E-state index in [9.17, 15) is 9.59 Å². The predicted octanol–water partition coefficient (Wildman–Crippen LogP) is 3.45. The van der Waals surface area contributed by atoms with Gasteiger partial charge in [0.05, 0.1) is 20.3 Å². The zero-order chi connectivity index (χ0) is 19.4. The Labute approximate surface area is 155 Å². The van der Waals surface area contributed by atoms with Gasteiger partial charge in [-0.2, -0.15) is 0 Å². The third kappa shape index (κ3) is 3.98. The zero-order valence-electron chi connectivity index (χ0n) is 15.1. The van der Waals surface area contributed by atoms with E-state index in [-0.39, 0.29) is 5.70 Å². The maximum atomic E-state index is 11.9. The number of esters is 2. The molecule has 0 aliphatic carbocycles. The minimum Gasteiger partial charge on any atom is -0.466 e. The molecule has 0 bridgehead atoms. The van der Waals surface area contributed by atoms with Crippen molar-refractivity contribution in [3.63, 3.8) is 0 Å². The van der Waals surface area contributed by atoms with Gasteiger partial charge in [-0.3, -0.25) is 0 Å². The number of aryl methyl sites for hydroxylation is 1. The van der Waals surface area contributed by atoms with Crippen molar-refractivity contribution in [1.29, 1.82) is 0 Å². The topological polar surface area (TPSA) is 90.7 Å². The van der Waals surface area contributed by atoms with E-state index in [1.54, 1.807) is 18.2 Å². The van der Waals surface area contributed by atoms with Crippen LogP contribution in [-0.4, -0.2) is 31.1 Å². The number of aromatic nitrogens is 1. The number of anilines is 1. The third-order valence-corrected chi connectivity index (χ3v) is 3.91. The van der Waals surface area contributed by atoms with Gasteiger partial charge < -0.3 is 19.2 Å². The van der Waals surface area contributed by atoms with Crippen LogP contribution in [0.2, 0.25) is 0 Å². The van der Waals surface area contributed by atoms with Crippen LogP contribution >= 0.6 is 0 Å². The Hall–Kier alpha value is -3.61. The van der Waals surface area contributed by atoms with Crippen molar-refractivity contribution in [2.45, 2.75) is 6.92 Å². The summed E-state index contributed by atoms with van der Waals surface area (Å²) < 4.78 is 15.1. The van der Waals surface area contributed by atoms with E-state index >= 15 is 0 Å². The number of methoxy groups -OCH3 is 2. The van der Waals surface area contributed by atoms with E-state index in [1.165, 1.54) is 14.2 Å². The molecular formula is C20H18N2O5. The van der Waals surface area contributed by atoms with Gasteiger partial charge in [0.15, 0.2) is 5.58 Å². The molecule has 0 saturated heterocycles. The molecule has 0 unspecified atom stereocenters. The fourth-order valence-corrected chi connectivity index (χ4v) is 2.52. The number of oxazole rings is 1. The molecule has 0 saturated carbocycles. The quantitative estimate of drug-likeness (QED) is 0.546. The highest BCUT2D eigenvalue weighted by Gasteiger charge is 2.15. The Bertz CT molecular complexity index is 1040. The summed E-state index contributed by atoms with van der Waals surface area (Å²) in [5, 5.41) is 2.85. The van der Waals surface area contributed by atoms with Crippen LogP contribution in [0, 0.1) is 6.92 Å². The predicted molar refractivity (Wildman–Crippen MR) is 99.9 cm³/mol. The summed E-state index contributed by atoms with van der Waals surface area (Å²) in [6.07, 6.45) is 1.02. The summed E-state index contributed by atoms with van der Waals surface area (Å²) in [5.41, 5.74) is 3.66. The third-order valence-electron chi connectivity index (χ3n) is 3.91. The molecule has 3 rings (SSSR count). The van der Waals surface area contributed by atoms with Gasteiger partial charge in [0.1, 0.15) is 11.2 Å². The van der Waals surface area contributed by atoms with Gasteiger partial charge in [0.2, 0.25) is 5.89 Å². The van der Waals surface area contributed by atoms with Crippen LogP contribution in [0.4, 0.5) is 5.69 Å². The van der Waals surface area contributed by atoms with Crippen LogP contribution < -0.4 is 5.32 Å². The number of nitrogens with zero attached hydrogens (tertiary/aromatic N) is 1. The van der Waals surface area contributed by atoms with Crippen molar-refractivity contribution >= 4 is 28.7 Å². The largest absolute Gasteiger partial charge is 0.466 e. The standard InChI is InChI=1S/C20H18N2O5/c1-12-6-4-5-7-14(12)19-22-15-9-8-13(10-17(15)27-19)21-16(20(24)26-3)11-18(23)25-2/h4-11,21H,1-3H3/b16-11+. The minimum absolute atomic E-state index is 0.0534. The van der Waals surface area contributed by atoms with E-state index in [4.69, 9.17) is 4.42 Å². The highest BCUT2D eigenvalue weighted by molar-refractivity contribution is 5.99. The Morgan fingerprint density at radius 1 is 1.11 bits per heavy atom. The summed E-state index contributed by atoms with van der Waals surface area (Å²) in [7, 11) is 2.45. The van der Waals surface area contributed by atoms with E-state index in [1.807, 2.05) is 31.2 Å². The Balaban J connectivity index is 1.94. The molecule has 7 heteroatoms. The average Bonchev–Trinajstić information content (AvgIpc) is 3.10. The van der Waals surface area contributed by atoms with Crippen LogP contribution in [0.1, 0.15) is 5.56 Å². The van der Waals surface area contributed by atoms with Crippen LogP contribution in [0.5, 0.6) is 0 Å². The number of nitrogens with one attached hydrogen (secondary N) is 1. The molecule has 138 valence electrons. The first kappa shape index (κ1) is 18.2. The van der Waals surface area contributed by atoms with Gasteiger partial charge in [-0.25, -0.2) is 14.6 Å². The lowest BCUT2D eigenvalue weighted by Crippen LogP contribution is -2.15. The second-order valence-corrected chi connectivity index (χ2v) is 5.71. The van der Waals surface area contributed by atoms with Crippen LogP contribution in [0.15, 0.2) is 58.7 Å². The average molecular weight is 366 g/mol. The molecular weight excluding hydrogens is 348 g/mol. The Morgan fingerprint density at radius 3 is 2.59 bits per heavy atom. The number of hydrogen-bond acceptors (Lipinski definition) is 7. The van der Waals surface area contributed by atoms with E-state index in [0.717, 1.165) is 17.2 Å². The maximum absolute atomic E-state index is 11.9. The van der Waals surface area contributed by atoms with Crippen LogP contribution in [0.3, 0.4) is 0 Å². The maximum Gasteiger partial charge on any atom is 0.354 e. The van der Waals surface area contributed by atoms with Crippen molar-refractivity contribution in [3.05, 3.63) is 59.8 Å². The first-order valence-electron chi connectivity index (χ1n) is 8.13. The molecule has 0 radical (unpaired) electrons. The van der Waals surface area contributed by atoms with Crippen molar-refractivity contribution in [2.24, 2.45) is 0 Å². The molecule has 0 atom stereocenters. The van der Waals surface area contributed by atoms with Gasteiger partial charge >= 0.3 is 11.9 Å². The molecule has 7 nitrogen and oxygen atoms in total. The lowest BCUT2D eigenvalue weighted by atomic mass is 10.1. The first-order valence-corrected chi connectivity index (χ1v) is 8.13. The lowest BCUT2D eigenvalue weighted by Gasteiger charge is -2.08. The lowest BCUT2D eigenvalue weighted by molar-refractivity contribution is -0.138. The van der Waals surface area contributed by atoms with Gasteiger partial charge in [0, 0.05) is 17.3 Å². The molecule has 0 aliphatic rings. The minimum atomic E-state index is -0.696. The van der Waals surface area contributed by atoms with Crippen molar-refractivity contribution in [2.75, 3.05) is 19.5 Å². The van der Waals surface area contributed by atoms with Gasteiger partial charge in [-0.15, -0.1) is 0 Å². The van der Waals surface area contributed by atoms with Crippen molar-refractivity contribution in [3.8, 4) is 11.5 Å². The second kappa shape index (κ2) is 7.74. The van der Waals surface area contributed by atoms with Crippen LogP contribution in [-0.2, 0) is 19.1 Å². The number of carbonyl (C=O) groups is 2. The molecule has 27 heavy (non-hydrogen) atoms. The number of ether oxygens (including phenoxy) is 2. The van der Waals surface area contributed by atoms with Crippen molar-refractivity contribution < 1.29 is 23.5 Å². The molecule has 3 aromatic rings. The molecule has 1 N–H and O–H groups in total. The number of carbonyl (C=O) groups excluding carboxylic acids is 2. The number of hydrogen-bond donors (Lipinski definition) is 1. The summed E-state index contributed by atoms with van der Waals surface area (Å²) in [6.45, 7) is 1.98. The molecule has 0 amide bonds. The SMILES string of the molecule is COC(=O)/C=C(/Nc1ccc2nc(-c3ccccc3C)oc2c1)C(=O)OC. The van der Waals surface area contributed by atoms with E-state index in [0.29, 0.717) is 22.7 Å². The Morgan fingerprint density at radius 2 is 1.89 bits per heavy atom. The highest BCUT2D eigenvalue weighted by atomic mass is 16.5. The molecule has 2 aromatic carbocycles. The fourth-order valence-electron chi connectivity index (χ4n) is 2.52. The number of benzene rings is 2. The monoisotopic (exact) mass is 366 g/mol. The smallest absolute Gasteiger partial charge is 0.354 e. The summed E-state index contributed by atoms with van der Waals surface area (Å²) in [5.74, 6) is -0.859. The second-order valence-electron chi connectivity index (χ2n) is 5.71. The van der Waals surface area contributed by atoms with Crippen LogP contribution in [0.25, 0.3) is 22.6 Å². The summed E-state index contributed by atoms with van der Waals surface area (Å²) >= 11 is 0. The zero-order valence-corrected chi connectivity index (χ0v) is 15.1. The van der Waals surface area contributed by atoms with Gasteiger partial charge in [0.25, 0.3) is 0 Å². The summed E-state index contributed by atoms with van der Waals surface area (Å²) in [4.78, 5) is 27.8. The first-order chi connectivity index (χ1) is 13.0. The summed E-state index contributed by atoms with van der Waals surface area (Å²) in [6, 6.07) is 13.0. The van der Waals surface area contributed by atoms with Gasteiger partial charge in [-0.1, -0.05) is 18.2 Å². The highest BCUT2D eigenvalue weighted by Crippen LogP contribution is 2.28.